The standard InChI is InChI=1S/C32H12BF24.C21H17N2/c34-25(35,36)13-1-14(26(37,38)39)6-21(5-13)33(22-7-15(27(40,41)42)2-16(8-22)28(43,44)45,23-9-17(29(46,47)48)3-18(10-23)30(49,50)51)24-11-19(31(52,53)54)4-20(12-24)32(55,56)57;1-3-7-17(8-4-1)16-23-12-11-22-15-21(23)20-13-18-9-5-2-6-10-19(18)14-20/h1-12H;1-15H,16H2/q-1;+1. The van der Waals surface area contributed by atoms with Crippen molar-refractivity contribution in [3.05, 3.63) is 214 Å². The summed E-state index contributed by atoms with van der Waals surface area (Å²) in [5, 5.41) is 0. The molecule has 0 radical (unpaired) electrons. The summed E-state index contributed by atoms with van der Waals surface area (Å²) in [6.07, 6.45) is -49.0. The van der Waals surface area contributed by atoms with E-state index in [1.54, 1.807) is 0 Å². The zero-order valence-corrected chi connectivity index (χ0v) is 39.3. The Morgan fingerprint density at radius 3 is 0.838 bits per heavy atom. The van der Waals surface area contributed by atoms with Crippen LogP contribution in [-0.2, 0) is 56.0 Å². The fourth-order valence-corrected chi connectivity index (χ4v) is 8.98. The zero-order valence-electron chi connectivity index (χ0n) is 39.3. The lowest BCUT2D eigenvalue weighted by Crippen LogP contribution is -2.75. The number of benzene rings is 5. The minimum atomic E-state index is -6.13. The fourth-order valence-electron chi connectivity index (χ4n) is 8.98. The summed E-state index contributed by atoms with van der Waals surface area (Å²) < 4.78 is 343. The first-order chi connectivity index (χ1) is 36.7. The van der Waals surface area contributed by atoms with Gasteiger partial charge in [0, 0.05) is 11.1 Å². The van der Waals surface area contributed by atoms with Gasteiger partial charge >= 0.3 is 49.4 Å². The number of halogens is 24. The van der Waals surface area contributed by atoms with Gasteiger partial charge in [-0.15, -0.1) is 0 Å². The third-order valence-electron chi connectivity index (χ3n) is 12.5. The molecule has 0 fully saturated rings. The first-order valence-corrected chi connectivity index (χ1v) is 22.4. The predicted octanol–water partition coefficient (Wildman–Crippen LogP) is 15.4. The van der Waals surface area contributed by atoms with Crippen molar-refractivity contribution < 1.29 is 110 Å². The zero-order chi connectivity index (χ0) is 59.4. The van der Waals surface area contributed by atoms with Gasteiger partial charge in [-0.3, -0.25) is 4.98 Å². The lowest BCUT2D eigenvalue weighted by atomic mass is 9.12. The van der Waals surface area contributed by atoms with E-state index in [2.05, 4.69) is 76.3 Å². The molecule has 80 heavy (non-hydrogen) atoms. The highest BCUT2D eigenvalue weighted by molar-refractivity contribution is 7.20. The highest BCUT2D eigenvalue weighted by Crippen LogP contribution is 2.42. The summed E-state index contributed by atoms with van der Waals surface area (Å²) in [5.74, 6) is 0. The van der Waals surface area contributed by atoms with Gasteiger partial charge in [-0.25, -0.2) is 0 Å². The average Bonchev–Trinajstić information content (AvgIpc) is 3.73. The Morgan fingerprint density at radius 2 is 0.575 bits per heavy atom. The molecule has 27 heteroatoms. The maximum Gasteiger partial charge on any atom is 0.416 e. The highest BCUT2D eigenvalue weighted by atomic mass is 19.4. The molecule has 2 aliphatic carbocycles. The predicted molar refractivity (Wildman–Crippen MR) is 242 cm³/mol. The van der Waals surface area contributed by atoms with E-state index in [9.17, 15) is 105 Å². The lowest BCUT2D eigenvalue weighted by Gasteiger charge is -2.46. The van der Waals surface area contributed by atoms with Crippen molar-refractivity contribution >= 4 is 28.0 Å². The molecule has 0 aliphatic heterocycles. The van der Waals surface area contributed by atoms with Gasteiger partial charge in [-0.1, -0.05) is 109 Å². The van der Waals surface area contributed by atoms with E-state index in [1.165, 1.54) is 22.3 Å². The van der Waals surface area contributed by atoms with Gasteiger partial charge in [-0.05, 0) is 47.5 Å². The van der Waals surface area contributed by atoms with Crippen LogP contribution in [-0.4, -0.2) is 11.1 Å². The number of hydrogen-bond donors (Lipinski definition) is 0. The molecular weight excluding hydrogens is 1130 g/mol. The summed E-state index contributed by atoms with van der Waals surface area (Å²) in [6.45, 7) is 0.841. The number of fused-ring (bicyclic) bond motifs is 1. The summed E-state index contributed by atoms with van der Waals surface area (Å²) in [7, 11) is 0. The van der Waals surface area contributed by atoms with E-state index in [0.717, 1.165) is 12.2 Å². The Balaban J connectivity index is 0.000000329. The first kappa shape index (κ1) is 59.9. The minimum absolute atomic E-state index is 0.691. The number of hydrogen-bond acceptors (Lipinski definition) is 1. The van der Waals surface area contributed by atoms with Crippen LogP contribution in [0.1, 0.15) is 50.1 Å². The molecule has 2 aliphatic rings. The minimum Gasteiger partial charge on any atom is -0.252 e. The van der Waals surface area contributed by atoms with E-state index < -0.39 is 195 Å². The third kappa shape index (κ3) is 13.3. The first-order valence-electron chi connectivity index (χ1n) is 22.4. The molecule has 0 bridgehead atoms. The van der Waals surface area contributed by atoms with Crippen LogP contribution in [0.25, 0.3) is 22.4 Å². The normalized spacial score (nSPS) is 13.3. The Morgan fingerprint density at radius 1 is 0.312 bits per heavy atom. The van der Waals surface area contributed by atoms with Crippen molar-refractivity contribution in [2.75, 3.05) is 0 Å². The van der Waals surface area contributed by atoms with Crippen molar-refractivity contribution in [3.63, 3.8) is 0 Å². The number of alkyl halides is 24. The van der Waals surface area contributed by atoms with Crippen LogP contribution in [0.4, 0.5) is 105 Å². The van der Waals surface area contributed by atoms with Crippen molar-refractivity contribution in [1.82, 2.24) is 4.98 Å². The SMILES string of the molecule is FC(F)(F)c1cc([B-](c2cc(C(F)(F)F)cc(C(F)(F)F)c2)(c2cc(C(F)(F)F)cc(C(F)(F)F)c2)c2cc(C(F)(F)F)cc(C(F)(F)F)c2)cc(C(F)(F)F)c1.c1ccc(C[n+]2ccncc2-c2cc3cccccc-3c2)cc1. The second-order valence-corrected chi connectivity index (χ2v) is 17.9. The molecule has 0 atom stereocenters. The summed E-state index contributed by atoms with van der Waals surface area (Å²) in [5.41, 5.74) is -24.1. The molecule has 1 aromatic heterocycles. The quantitative estimate of drug-likeness (QED) is 0.0883. The van der Waals surface area contributed by atoms with Gasteiger partial charge in [0.1, 0.15) is 6.15 Å². The van der Waals surface area contributed by atoms with Gasteiger partial charge < -0.3 is 0 Å². The summed E-state index contributed by atoms with van der Waals surface area (Å²) in [6, 6.07) is 16.7. The highest BCUT2D eigenvalue weighted by Gasteiger charge is 2.47. The molecule has 0 N–H and O–H groups in total. The maximum absolute atomic E-state index is 14.2. The smallest absolute Gasteiger partial charge is 0.252 e. The van der Waals surface area contributed by atoms with Crippen LogP contribution in [0, 0.1) is 0 Å². The molecule has 8 rings (SSSR count). The average molecular weight is 1160 g/mol. The Hall–Kier alpha value is -7.74. The fraction of sp³-hybridized carbons (Fsp3) is 0.170. The number of nitrogens with zero attached hydrogens (tertiary/aromatic N) is 2. The molecule has 0 unspecified atom stereocenters. The van der Waals surface area contributed by atoms with E-state index in [0.29, 0.717) is 0 Å². The van der Waals surface area contributed by atoms with Gasteiger partial charge in [0.2, 0.25) is 5.69 Å². The van der Waals surface area contributed by atoms with Crippen molar-refractivity contribution in [1.29, 1.82) is 0 Å². The van der Waals surface area contributed by atoms with Crippen LogP contribution in [0.2, 0.25) is 0 Å². The monoisotopic (exact) mass is 1160 g/mol. The molecule has 2 nitrogen and oxygen atoms in total. The maximum atomic E-state index is 14.2. The van der Waals surface area contributed by atoms with Crippen molar-refractivity contribution in [2.45, 2.75) is 56.0 Å². The number of rotatable bonds is 7. The van der Waals surface area contributed by atoms with Crippen LogP contribution in [0.15, 0.2) is 164 Å². The van der Waals surface area contributed by atoms with Gasteiger partial charge in [0.05, 0.1) is 56.9 Å². The van der Waals surface area contributed by atoms with Crippen LogP contribution in [0.3, 0.4) is 0 Å². The van der Waals surface area contributed by atoms with Gasteiger partial charge in [-0.2, -0.15) is 132 Å². The van der Waals surface area contributed by atoms with Crippen molar-refractivity contribution in [3.8, 4) is 22.4 Å². The molecule has 1 heterocycles. The van der Waals surface area contributed by atoms with Crippen LogP contribution >= 0.6 is 0 Å². The third-order valence-corrected chi connectivity index (χ3v) is 12.5. The van der Waals surface area contributed by atoms with Crippen molar-refractivity contribution in [2.24, 2.45) is 0 Å². The number of aromatic nitrogens is 2. The molecule has 0 saturated carbocycles. The molecular formula is C53H29BF24N2. The Bertz CT molecular complexity index is 3010. The second-order valence-electron chi connectivity index (χ2n) is 17.9. The molecule has 0 spiro atoms. The van der Waals surface area contributed by atoms with E-state index in [4.69, 9.17) is 0 Å². The van der Waals surface area contributed by atoms with Crippen LogP contribution in [0.5, 0.6) is 0 Å². The van der Waals surface area contributed by atoms with E-state index in [-0.39, 0.29) is 0 Å². The Kier molecular flexibility index (Phi) is 15.8. The molecule has 5 aromatic carbocycles. The van der Waals surface area contributed by atoms with E-state index in [1.807, 2.05) is 24.7 Å². The summed E-state index contributed by atoms with van der Waals surface area (Å²) in [4.78, 5) is 4.33. The van der Waals surface area contributed by atoms with Crippen LogP contribution < -0.4 is 26.4 Å². The van der Waals surface area contributed by atoms with Gasteiger partial charge in [0.15, 0.2) is 12.7 Å². The largest absolute Gasteiger partial charge is 0.416 e. The lowest BCUT2D eigenvalue weighted by molar-refractivity contribution is -0.678. The summed E-state index contributed by atoms with van der Waals surface area (Å²) >= 11 is 0. The van der Waals surface area contributed by atoms with Gasteiger partial charge in [0.25, 0.3) is 0 Å². The molecule has 422 valence electrons. The second kappa shape index (κ2) is 21.1. The molecule has 0 saturated heterocycles. The molecule has 0 amide bonds. The van der Waals surface area contributed by atoms with E-state index >= 15 is 0 Å². The Labute approximate surface area is 434 Å². The molecule has 6 aromatic rings. The topological polar surface area (TPSA) is 16.8 Å².